The Balaban J connectivity index is 1.05. The fourth-order valence-corrected chi connectivity index (χ4v) is 16.5. The first-order valence-electron chi connectivity index (χ1n) is 23.4. The van der Waals surface area contributed by atoms with Crippen molar-refractivity contribution >= 4 is 17.8 Å². The SMILES string of the molecule is C=C(C)[C@@H]1CC[C@]2(C(=O)N3[C@@H]4CC[C@H]3CC(n3c(C)nnc3C(C)C)C4)CC[C@]3(C)[C@H](CC[C@@H]4[C@@]5(C)CC[C@H](OC(=O)CC(C)(C)C(=O)O)C(C)(C)[C@@H]5CC[C@]43C)[C@@H]12. The van der Waals surface area contributed by atoms with Crippen LogP contribution in [0.3, 0.4) is 0 Å². The Kier molecular flexibility index (Phi) is 10.1. The number of rotatable bonds is 8. The lowest BCUT2D eigenvalue weighted by Gasteiger charge is -2.73. The molecule has 0 radical (unpaired) electrons. The zero-order valence-electron chi connectivity index (χ0n) is 38.0. The minimum absolute atomic E-state index is 0.115. The highest BCUT2D eigenvalue weighted by Gasteiger charge is 2.73. The minimum atomic E-state index is -1.15. The summed E-state index contributed by atoms with van der Waals surface area (Å²) in [6.07, 6.45) is 14.5. The molecular weight excluding hydrogens is 725 g/mol. The molecule has 2 bridgehead atoms. The number of allylic oxidation sites excluding steroid dienone is 1. The number of carboxylic acid groups (broad SMARTS) is 1. The summed E-state index contributed by atoms with van der Waals surface area (Å²) in [5.41, 5.74) is -0.00933. The maximum absolute atomic E-state index is 15.7. The fourth-order valence-electron chi connectivity index (χ4n) is 16.5. The Morgan fingerprint density at radius 1 is 0.845 bits per heavy atom. The van der Waals surface area contributed by atoms with Crippen molar-refractivity contribution in [1.29, 1.82) is 0 Å². The molecule has 58 heavy (non-hydrogen) atoms. The second kappa shape index (κ2) is 13.9. The van der Waals surface area contributed by atoms with Gasteiger partial charge in [0.25, 0.3) is 0 Å². The van der Waals surface area contributed by atoms with Gasteiger partial charge in [-0.25, -0.2) is 0 Å². The number of carbonyl (C=O) groups excluding carboxylic acids is 2. The average Bonchev–Trinajstić information content (AvgIpc) is 3.80. The Hall–Kier alpha value is -2.71. The number of aromatic nitrogens is 3. The van der Waals surface area contributed by atoms with Crippen LogP contribution in [0.2, 0.25) is 0 Å². The highest BCUT2D eigenvalue weighted by atomic mass is 16.5. The Bertz CT molecular complexity index is 1830. The van der Waals surface area contributed by atoms with Crippen molar-refractivity contribution < 1.29 is 24.2 Å². The molecule has 5 aliphatic carbocycles. The number of nitrogens with zero attached hydrogens (tertiary/aromatic N) is 4. The Morgan fingerprint density at radius 3 is 2.14 bits per heavy atom. The molecular formula is C49H76N4O5. The molecule has 1 unspecified atom stereocenters. The van der Waals surface area contributed by atoms with E-state index in [1.807, 2.05) is 0 Å². The lowest BCUT2D eigenvalue weighted by molar-refractivity contribution is -0.250. The van der Waals surface area contributed by atoms with Gasteiger partial charge in [-0.2, -0.15) is 0 Å². The van der Waals surface area contributed by atoms with Gasteiger partial charge in [0.2, 0.25) is 5.91 Å². The standard InChI is InChI=1S/C49H76N4O5/c1-28(2)34-17-22-49(42(55)53-31-13-14-32(53)26-33(25-31)52-30(5)50-51-41(52)29(3)4)24-23-47(11)35(40(34)49)15-16-37-46(10)20-19-38(58-39(54)27-44(6,7)43(56)57)45(8,9)36(46)18-21-48(37,47)12/h29,31-38,40H,1,13-27H2,2-12H3,(H,56,57)/t31-,32+,33?,34-,35+,36-,37+,38-,40+,46-,47+,48+,49-/m0/s1. The monoisotopic (exact) mass is 801 g/mol. The summed E-state index contributed by atoms with van der Waals surface area (Å²) >= 11 is 0. The molecule has 2 aliphatic heterocycles. The van der Waals surface area contributed by atoms with Crippen molar-refractivity contribution in [3.8, 4) is 0 Å². The van der Waals surface area contributed by atoms with Gasteiger partial charge in [-0.15, -0.1) is 10.2 Å². The van der Waals surface area contributed by atoms with E-state index in [-0.39, 0.29) is 51.7 Å². The molecule has 1 aromatic heterocycles. The number of hydrogen-bond acceptors (Lipinski definition) is 6. The average molecular weight is 801 g/mol. The molecule has 8 rings (SSSR count). The van der Waals surface area contributed by atoms with Crippen LogP contribution in [-0.2, 0) is 19.1 Å². The first-order chi connectivity index (χ1) is 27.0. The van der Waals surface area contributed by atoms with E-state index in [4.69, 9.17) is 4.74 Å². The minimum Gasteiger partial charge on any atom is -0.481 e. The molecule has 0 aromatic carbocycles. The Labute approximate surface area is 349 Å². The quantitative estimate of drug-likeness (QED) is 0.206. The molecule has 9 heteroatoms. The number of aryl methyl sites for hydroxylation is 1. The molecule has 322 valence electrons. The van der Waals surface area contributed by atoms with E-state index < -0.39 is 17.4 Å². The predicted octanol–water partition coefficient (Wildman–Crippen LogP) is 10.5. The molecule has 13 atom stereocenters. The smallest absolute Gasteiger partial charge is 0.309 e. The van der Waals surface area contributed by atoms with Crippen molar-refractivity contribution in [3.63, 3.8) is 0 Å². The second-order valence-electron chi connectivity index (χ2n) is 23.4. The van der Waals surface area contributed by atoms with Gasteiger partial charge >= 0.3 is 11.9 Å². The molecule has 7 fully saturated rings. The summed E-state index contributed by atoms with van der Waals surface area (Å²) in [4.78, 5) is 43.2. The topological polar surface area (TPSA) is 115 Å². The van der Waals surface area contributed by atoms with Crippen LogP contribution in [0.25, 0.3) is 0 Å². The zero-order valence-corrected chi connectivity index (χ0v) is 38.0. The summed E-state index contributed by atoms with van der Waals surface area (Å²) in [7, 11) is 0. The fraction of sp³-hybridized carbons (Fsp3) is 0.857. The van der Waals surface area contributed by atoms with Gasteiger partial charge in [0.15, 0.2) is 0 Å². The van der Waals surface area contributed by atoms with E-state index in [9.17, 15) is 14.7 Å². The van der Waals surface area contributed by atoms with Gasteiger partial charge in [-0.05, 0) is 163 Å². The summed E-state index contributed by atoms with van der Waals surface area (Å²) in [5, 5.41) is 18.8. The summed E-state index contributed by atoms with van der Waals surface area (Å²) in [6, 6.07) is 0.928. The number of carbonyl (C=O) groups is 3. The van der Waals surface area contributed by atoms with Crippen LogP contribution < -0.4 is 0 Å². The molecule has 0 spiro atoms. The van der Waals surface area contributed by atoms with Gasteiger partial charge in [0, 0.05) is 29.5 Å². The molecule has 1 amide bonds. The summed E-state index contributed by atoms with van der Waals surface area (Å²) in [6.45, 7) is 29.1. The third-order valence-electron chi connectivity index (χ3n) is 19.6. The number of aliphatic carboxylic acids is 1. The normalized spacial score (nSPS) is 42.9. The third kappa shape index (κ3) is 5.89. The number of hydrogen-bond donors (Lipinski definition) is 1. The number of carboxylic acids is 1. The molecule has 1 N–H and O–H groups in total. The van der Waals surface area contributed by atoms with Crippen LogP contribution in [-0.4, -0.2) is 60.8 Å². The first-order valence-corrected chi connectivity index (χ1v) is 23.4. The molecule has 5 saturated carbocycles. The van der Waals surface area contributed by atoms with Crippen molar-refractivity contribution in [2.75, 3.05) is 0 Å². The van der Waals surface area contributed by atoms with Crippen molar-refractivity contribution in [1.82, 2.24) is 19.7 Å². The van der Waals surface area contributed by atoms with Crippen LogP contribution in [0.4, 0.5) is 0 Å². The molecule has 7 aliphatic rings. The molecule has 2 saturated heterocycles. The number of amides is 1. The van der Waals surface area contributed by atoms with Crippen molar-refractivity contribution in [2.24, 2.45) is 62.1 Å². The van der Waals surface area contributed by atoms with Gasteiger partial charge in [-0.3, -0.25) is 14.4 Å². The van der Waals surface area contributed by atoms with E-state index in [1.54, 1.807) is 13.8 Å². The number of piperidine rings is 1. The maximum atomic E-state index is 15.7. The number of ether oxygens (including phenoxy) is 1. The van der Waals surface area contributed by atoms with Gasteiger partial charge in [0.1, 0.15) is 17.8 Å². The third-order valence-corrected chi connectivity index (χ3v) is 19.6. The van der Waals surface area contributed by atoms with E-state index in [0.717, 1.165) is 88.7 Å². The lowest BCUT2D eigenvalue weighted by atomic mass is 9.32. The lowest BCUT2D eigenvalue weighted by Crippen LogP contribution is -2.68. The van der Waals surface area contributed by atoms with Crippen molar-refractivity contribution in [3.05, 3.63) is 23.8 Å². The Morgan fingerprint density at radius 2 is 1.52 bits per heavy atom. The first kappa shape index (κ1) is 42.0. The van der Waals surface area contributed by atoms with Gasteiger partial charge in [-0.1, -0.05) is 60.6 Å². The van der Waals surface area contributed by atoms with E-state index in [1.165, 1.54) is 18.4 Å². The highest BCUT2D eigenvalue weighted by Crippen LogP contribution is 2.78. The van der Waals surface area contributed by atoms with Gasteiger partial charge in [0.05, 0.1) is 17.3 Å². The van der Waals surface area contributed by atoms with Crippen LogP contribution in [0.5, 0.6) is 0 Å². The van der Waals surface area contributed by atoms with E-state index in [2.05, 4.69) is 88.6 Å². The molecule has 9 nitrogen and oxygen atoms in total. The van der Waals surface area contributed by atoms with Crippen LogP contribution in [0.15, 0.2) is 12.2 Å². The number of fused-ring (bicyclic) bond motifs is 9. The van der Waals surface area contributed by atoms with E-state index in [0.29, 0.717) is 47.5 Å². The zero-order chi connectivity index (χ0) is 42.1. The maximum Gasteiger partial charge on any atom is 0.309 e. The highest BCUT2D eigenvalue weighted by molar-refractivity contribution is 5.85. The summed E-state index contributed by atoms with van der Waals surface area (Å²) < 4.78 is 8.64. The predicted molar refractivity (Wildman–Crippen MR) is 226 cm³/mol. The molecule has 1 aromatic rings. The van der Waals surface area contributed by atoms with Crippen molar-refractivity contribution in [2.45, 2.75) is 203 Å². The number of esters is 1. The molecule has 3 heterocycles. The van der Waals surface area contributed by atoms with Gasteiger partial charge < -0.3 is 19.3 Å². The summed E-state index contributed by atoms with van der Waals surface area (Å²) in [5.74, 6) is 3.70. The second-order valence-corrected chi connectivity index (χ2v) is 23.4. The van der Waals surface area contributed by atoms with Crippen LogP contribution >= 0.6 is 0 Å². The largest absolute Gasteiger partial charge is 0.481 e. The van der Waals surface area contributed by atoms with Crippen LogP contribution in [0, 0.1) is 69.0 Å². The van der Waals surface area contributed by atoms with E-state index >= 15 is 4.79 Å². The van der Waals surface area contributed by atoms with Crippen LogP contribution in [0.1, 0.15) is 189 Å².